The molecule has 0 unspecified atom stereocenters. The van der Waals surface area contributed by atoms with Crippen LogP contribution in [0.5, 0.6) is 0 Å². The van der Waals surface area contributed by atoms with E-state index in [1.807, 2.05) is 79.5 Å². The van der Waals surface area contributed by atoms with Gasteiger partial charge in [0.1, 0.15) is 5.84 Å². The fourth-order valence-electron chi connectivity index (χ4n) is 2.69. The van der Waals surface area contributed by atoms with Crippen molar-refractivity contribution in [1.29, 1.82) is 0 Å². The van der Waals surface area contributed by atoms with Gasteiger partial charge in [-0.1, -0.05) is 66.2 Å². The molecule has 0 bridgehead atoms. The summed E-state index contributed by atoms with van der Waals surface area (Å²) in [5.74, 6) is 0.466. The third kappa shape index (κ3) is 4.83. The van der Waals surface area contributed by atoms with E-state index < -0.39 is 10.0 Å². The number of hydrogen-bond donors (Lipinski definition) is 0. The standard InChI is InChI=1S/C22H22N2O2S/c1-18-13-15-21(16-14-18)27(25,26)23-22(17-19-9-5-3-6-10-19)24(2)20-11-7-4-8-12-20/h3-16H,17H2,1-2H3/b23-22-. The zero-order chi connectivity index (χ0) is 19.3. The molecule has 0 saturated heterocycles. The van der Waals surface area contributed by atoms with E-state index >= 15 is 0 Å². The number of aryl methyl sites for hydroxylation is 1. The lowest BCUT2D eigenvalue weighted by atomic mass is 10.1. The summed E-state index contributed by atoms with van der Waals surface area (Å²) in [6, 6.07) is 26.1. The Morgan fingerprint density at radius 3 is 2.00 bits per heavy atom. The Bertz CT molecular complexity index is 1010. The van der Waals surface area contributed by atoms with E-state index in [1.54, 1.807) is 24.3 Å². The number of benzene rings is 3. The second-order valence-corrected chi connectivity index (χ2v) is 7.96. The number of para-hydroxylation sites is 1. The number of amidine groups is 1. The molecular weight excluding hydrogens is 356 g/mol. The summed E-state index contributed by atoms with van der Waals surface area (Å²) >= 11 is 0. The van der Waals surface area contributed by atoms with Crippen molar-refractivity contribution in [2.75, 3.05) is 11.9 Å². The molecule has 0 atom stereocenters. The van der Waals surface area contributed by atoms with Gasteiger partial charge in [-0.05, 0) is 36.8 Å². The van der Waals surface area contributed by atoms with Gasteiger partial charge in [0.2, 0.25) is 0 Å². The fraction of sp³-hybridized carbons (Fsp3) is 0.136. The molecule has 0 amide bonds. The van der Waals surface area contributed by atoms with Gasteiger partial charge in [0.25, 0.3) is 10.0 Å². The topological polar surface area (TPSA) is 49.7 Å². The Labute approximate surface area is 160 Å². The van der Waals surface area contributed by atoms with Crippen molar-refractivity contribution in [3.63, 3.8) is 0 Å². The first-order chi connectivity index (χ1) is 13.0. The first kappa shape index (κ1) is 18.9. The van der Waals surface area contributed by atoms with E-state index in [0.29, 0.717) is 12.3 Å². The van der Waals surface area contributed by atoms with Gasteiger partial charge >= 0.3 is 0 Å². The van der Waals surface area contributed by atoms with Crippen LogP contribution in [0.15, 0.2) is 94.2 Å². The van der Waals surface area contributed by atoms with Crippen molar-refractivity contribution in [2.24, 2.45) is 4.40 Å². The number of rotatable bonds is 5. The molecule has 0 aliphatic rings. The Morgan fingerprint density at radius 2 is 1.41 bits per heavy atom. The van der Waals surface area contributed by atoms with Crippen LogP contribution >= 0.6 is 0 Å². The number of hydrogen-bond acceptors (Lipinski definition) is 2. The van der Waals surface area contributed by atoms with E-state index in [1.165, 1.54) is 0 Å². The predicted octanol–water partition coefficient (Wildman–Crippen LogP) is 4.46. The molecular formula is C22H22N2O2S. The Hall–Kier alpha value is -2.92. The first-order valence-corrected chi connectivity index (χ1v) is 10.1. The normalized spacial score (nSPS) is 12.0. The smallest absolute Gasteiger partial charge is 0.283 e. The van der Waals surface area contributed by atoms with Gasteiger partial charge in [0.05, 0.1) is 4.90 Å². The predicted molar refractivity (Wildman–Crippen MR) is 111 cm³/mol. The highest BCUT2D eigenvalue weighted by molar-refractivity contribution is 7.90. The van der Waals surface area contributed by atoms with Gasteiger partial charge in [-0.2, -0.15) is 8.42 Å². The largest absolute Gasteiger partial charge is 0.332 e. The minimum absolute atomic E-state index is 0.195. The third-order valence-corrected chi connectivity index (χ3v) is 5.60. The Balaban J connectivity index is 2.02. The highest BCUT2D eigenvalue weighted by Crippen LogP contribution is 2.18. The van der Waals surface area contributed by atoms with Crippen molar-refractivity contribution in [3.8, 4) is 0 Å². The Morgan fingerprint density at radius 1 is 0.852 bits per heavy atom. The lowest BCUT2D eigenvalue weighted by molar-refractivity contribution is 0.598. The molecule has 0 heterocycles. The fourth-order valence-corrected chi connectivity index (χ4v) is 3.74. The van der Waals surface area contributed by atoms with Crippen LogP contribution in [0.2, 0.25) is 0 Å². The second-order valence-electron chi connectivity index (χ2n) is 6.35. The third-order valence-electron chi connectivity index (χ3n) is 4.28. The van der Waals surface area contributed by atoms with Crippen LogP contribution in [0.25, 0.3) is 0 Å². The summed E-state index contributed by atoms with van der Waals surface area (Å²) in [6.07, 6.45) is 0.414. The maximum Gasteiger partial charge on any atom is 0.283 e. The monoisotopic (exact) mass is 378 g/mol. The van der Waals surface area contributed by atoms with Gasteiger partial charge in [0, 0.05) is 19.2 Å². The zero-order valence-electron chi connectivity index (χ0n) is 15.4. The highest BCUT2D eigenvalue weighted by atomic mass is 32.2. The molecule has 138 valence electrons. The van der Waals surface area contributed by atoms with Gasteiger partial charge in [0.15, 0.2) is 0 Å². The summed E-state index contributed by atoms with van der Waals surface area (Å²) < 4.78 is 29.9. The molecule has 0 spiro atoms. The van der Waals surface area contributed by atoms with Crippen molar-refractivity contribution in [3.05, 3.63) is 96.1 Å². The maximum absolute atomic E-state index is 12.9. The number of sulfonamides is 1. The van der Waals surface area contributed by atoms with E-state index in [4.69, 9.17) is 0 Å². The van der Waals surface area contributed by atoms with Gasteiger partial charge in [-0.25, -0.2) is 0 Å². The van der Waals surface area contributed by atoms with Gasteiger partial charge in [-0.3, -0.25) is 0 Å². The second kappa shape index (κ2) is 8.18. The van der Waals surface area contributed by atoms with Crippen LogP contribution in [-0.2, 0) is 16.4 Å². The Kier molecular flexibility index (Phi) is 5.72. The lowest BCUT2D eigenvalue weighted by Crippen LogP contribution is -2.29. The maximum atomic E-state index is 12.9. The average Bonchev–Trinajstić information content (AvgIpc) is 2.68. The summed E-state index contributed by atoms with van der Waals surface area (Å²) in [5.41, 5.74) is 2.88. The van der Waals surface area contributed by atoms with Crippen molar-refractivity contribution < 1.29 is 8.42 Å². The van der Waals surface area contributed by atoms with Gasteiger partial charge in [-0.15, -0.1) is 4.40 Å². The van der Waals surface area contributed by atoms with Crippen LogP contribution in [0.4, 0.5) is 5.69 Å². The molecule has 0 radical (unpaired) electrons. The van der Waals surface area contributed by atoms with E-state index in [0.717, 1.165) is 16.8 Å². The van der Waals surface area contributed by atoms with Crippen molar-refractivity contribution >= 4 is 21.5 Å². The highest BCUT2D eigenvalue weighted by Gasteiger charge is 2.18. The minimum Gasteiger partial charge on any atom is -0.332 e. The number of anilines is 1. The molecule has 4 nitrogen and oxygen atoms in total. The minimum atomic E-state index is -3.80. The van der Waals surface area contributed by atoms with Crippen LogP contribution in [0.1, 0.15) is 11.1 Å². The molecule has 0 saturated carbocycles. The molecule has 0 aliphatic carbocycles. The molecule has 5 heteroatoms. The molecule has 0 N–H and O–H groups in total. The summed E-state index contributed by atoms with van der Waals surface area (Å²) in [6.45, 7) is 1.92. The SMILES string of the molecule is Cc1ccc(S(=O)(=O)/N=C(/Cc2ccccc2)N(C)c2ccccc2)cc1. The van der Waals surface area contributed by atoms with Crippen LogP contribution in [0, 0.1) is 6.92 Å². The van der Waals surface area contributed by atoms with E-state index in [2.05, 4.69) is 4.40 Å². The van der Waals surface area contributed by atoms with Crippen LogP contribution < -0.4 is 4.90 Å². The van der Waals surface area contributed by atoms with E-state index in [9.17, 15) is 8.42 Å². The molecule has 27 heavy (non-hydrogen) atoms. The molecule has 3 aromatic rings. The van der Waals surface area contributed by atoms with Crippen molar-refractivity contribution in [2.45, 2.75) is 18.2 Å². The van der Waals surface area contributed by atoms with Gasteiger partial charge < -0.3 is 4.90 Å². The van der Waals surface area contributed by atoms with E-state index in [-0.39, 0.29) is 4.90 Å². The number of likely N-dealkylation sites (N-methyl/N-ethyl adjacent to an activating group) is 1. The van der Waals surface area contributed by atoms with Crippen LogP contribution in [-0.4, -0.2) is 21.3 Å². The molecule has 0 aliphatic heterocycles. The summed E-state index contributed by atoms with van der Waals surface area (Å²) in [7, 11) is -1.97. The molecule has 0 aromatic heterocycles. The zero-order valence-corrected chi connectivity index (χ0v) is 16.2. The summed E-state index contributed by atoms with van der Waals surface area (Å²) in [5, 5.41) is 0. The number of nitrogens with zero attached hydrogens (tertiary/aromatic N) is 2. The molecule has 3 rings (SSSR count). The quantitative estimate of drug-likeness (QED) is 0.486. The van der Waals surface area contributed by atoms with Crippen LogP contribution in [0.3, 0.4) is 0 Å². The molecule has 0 fully saturated rings. The first-order valence-electron chi connectivity index (χ1n) is 8.69. The summed E-state index contributed by atoms with van der Waals surface area (Å²) in [4.78, 5) is 2.01. The lowest BCUT2D eigenvalue weighted by Gasteiger charge is -2.21. The molecule has 3 aromatic carbocycles. The average molecular weight is 378 g/mol. The van der Waals surface area contributed by atoms with Crippen molar-refractivity contribution in [1.82, 2.24) is 0 Å².